The molecule has 4 rings (SSSR count). The Morgan fingerprint density at radius 2 is 1.27 bits per heavy atom. The van der Waals surface area contributed by atoms with Crippen LogP contribution in [-0.4, -0.2) is 6.61 Å². The van der Waals surface area contributed by atoms with Gasteiger partial charge in [0.1, 0.15) is 5.75 Å². The number of aryl methyl sites for hydroxylation is 2. The second-order valence-electron chi connectivity index (χ2n) is 13.7. The van der Waals surface area contributed by atoms with Crippen LogP contribution in [0.1, 0.15) is 153 Å². The van der Waals surface area contributed by atoms with E-state index in [9.17, 15) is 0 Å². The number of ether oxygens (including phenoxy) is 1. The zero-order valence-corrected chi connectivity index (χ0v) is 27.9. The summed E-state index contributed by atoms with van der Waals surface area (Å²) in [5.41, 5.74) is 10.4. The van der Waals surface area contributed by atoms with Gasteiger partial charge in [-0.05, 0) is 145 Å². The molecule has 2 aliphatic carbocycles. The number of rotatable bonds is 13. The van der Waals surface area contributed by atoms with Gasteiger partial charge in [0.05, 0.1) is 6.61 Å². The first-order valence-electron chi connectivity index (χ1n) is 17.9. The summed E-state index contributed by atoms with van der Waals surface area (Å²) in [6.07, 6.45) is 19.5. The number of hydrogen-bond donors (Lipinski definition) is 0. The van der Waals surface area contributed by atoms with Gasteiger partial charge in [-0.25, -0.2) is 0 Å². The van der Waals surface area contributed by atoms with E-state index in [4.69, 9.17) is 4.74 Å². The third kappa shape index (κ3) is 7.61. The Labute approximate surface area is 254 Å². The average molecular weight is 559 g/mol. The third-order valence-corrected chi connectivity index (χ3v) is 11.4. The van der Waals surface area contributed by atoms with Gasteiger partial charge >= 0.3 is 0 Å². The summed E-state index contributed by atoms with van der Waals surface area (Å²) in [6.45, 7) is 17.2. The first kappa shape index (κ1) is 32.2. The van der Waals surface area contributed by atoms with Crippen LogP contribution in [0.5, 0.6) is 5.75 Å². The molecule has 228 valence electrons. The summed E-state index contributed by atoms with van der Waals surface area (Å²) >= 11 is 0. The van der Waals surface area contributed by atoms with Gasteiger partial charge in [-0.1, -0.05) is 92.3 Å². The maximum atomic E-state index is 6.63. The molecule has 0 aliphatic heterocycles. The average Bonchev–Trinajstić information content (AvgIpc) is 3.02. The Morgan fingerprint density at radius 1 is 0.659 bits per heavy atom. The van der Waals surface area contributed by atoms with Crippen molar-refractivity contribution in [2.24, 2.45) is 23.7 Å². The maximum Gasteiger partial charge on any atom is 0.125 e. The molecule has 1 heteroatoms. The summed E-state index contributed by atoms with van der Waals surface area (Å²) in [5, 5.41) is 0. The predicted octanol–water partition coefficient (Wildman–Crippen LogP) is 11.9. The first-order chi connectivity index (χ1) is 20.0. The largest absolute Gasteiger partial charge is 0.493 e. The highest BCUT2D eigenvalue weighted by molar-refractivity contribution is 5.75. The van der Waals surface area contributed by atoms with Gasteiger partial charge < -0.3 is 4.74 Å². The molecule has 0 atom stereocenters. The van der Waals surface area contributed by atoms with Gasteiger partial charge in [0.15, 0.2) is 0 Å². The smallest absolute Gasteiger partial charge is 0.125 e. The molecule has 0 N–H and O–H groups in total. The highest BCUT2D eigenvalue weighted by atomic mass is 16.5. The van der Waals surface area contributed by atoms with Crippen molar-refractivity contribution in [2.45, 2.75) is 151 Å². The summed E-state index contributed by atoms with van der Waals surface area (Å²) in [5.74, 6) is 5.69. The van der Waals surface area contributed by atoms with Crippen molar-refractivity contribution in [1.82, 2.24) is 0 Å². The second-order valence-corrected chi connectivity index (χ2v) is 13.7. The monoisotopic (exact) mass is 558 g/mol. The van der Waals surface area contributed by atoms with E-state index in [0.29, 0.717) is 0 Å². The normalized spacial score (nSPS) is 23.2. The van der Waals surface area contributed by atoms with E-state index < -0.39 is 0 Å². The molecule has 0 unspecified atom stereocenters. The molecular weight excluding hydrogens is 496 g/mol. The second kappa shape index (κ2) is 15.6. The van der Waals surface area contributed by atoms with Crippen LogP contribution >= 0.6 is 0 Å². The zero-order valence-electron chi connectivity index (χ0n) is 27.9. The molecule has 2 aromatic rings. The highest BCUT2D eigenvalue weighted by Crippen LogP contribution is 2.45. The molecule has 0 heterocycles. The lowest BCUT2D eigenvalue weighted by Crippen LogP contribution is -2.24. The van der Waals surface area contributed by atoms with Crippen molar-refractivity contribution in [2.75, 3.05) is 6.61 Å². The molecule has 0 amide bonds. The van der Waals surface area contributed by atoms with Crippen LogP contribution in [0.2, 0.25) is 0 Å². The molecule has 2 aromatic carbocycles. The van der Waals surface area contributed by atoms with E-state index in [1.165, 1.54) is 103 Å². The minimum atomic E-state index is 0.752. The summed E-state index contributed by atoms with van der Waals surface area (Å²) in [4.78, 5) is 0. The topological polar surface area (TPSA) is 9.23 Å². The molecule has 0 radical (unpaired) electrons. The van der Waals surface area contributed by atoms with Crippen LogP contribution in [-0.2, 0) is 25.7 Å². The molecule has 1 nitrogen and oxygen atoms in total. The van der Waals surface area contributed by atoms with E-state index in [-0.39, 0.29) is 0 Å². The molecule has 2 aliphatic rings. The van der Waals surface area contributed by atoms with E-state index in [1.807, 2.05) is 0 Å². The third-order valence-electron chi connectivity index (χ3n) is 11.4. The van der Waals surface area contributed by atoms with E-state index in [0.717, 1.165) is 68.3 Å². The molecule has 0 spiro atoms. The number of hydrogen-bond acceptors (Lipinski definition) is 1. The van der Waals surface area contributed by atoms with Gasteiger partial charge in [-0.15, -0.1) is 0 Å². The van der Waals surface area contributed by atoms with Crippen molar-refractivity contribution in [3.05, 3.63) is 52.1 Å². The van der Waals surface area contributed by atoms with Gasteiger partial charge in [0, 0.05) is 0 Å². The van der Waals surface area contributed by atoms with Crippen molar-refractivity contribution in [3.63, 3.8) is 0 Å². The molecule has 2 fully saturated rings. The lowest BCUT2D eigenvalue weighted by molar-refractivity contribution is 0.165. The summed E-state index contributed by atoms with van der Waals surface area (Å²) in [7, 11) is 0. The van der Waals surface area contributed by atoms with Gasteiger partial charge in [0.25, 0.3) is 0 Å². The van der Waals surface area contributed by atoms with Crippen molar-refractivity contribution in [3.8, 4) is 16.9 Å². The lowest BCUT2D eigenvalue weighted by atomic mass is 9.68. The Hall–Kier alpha value is -1.76. The van der Waals surface area contributed by atoms with Crippen molar-refractivity contribution in [1.29, 1.82) is 0 Å². The van der Waals surface area contributed by atoms with Crippen LogP contribution in [0.15, 0.2) is 24.3 Å². The fourth-order valence-corrected chi connectivity index (χ4v) is 8.41. The molecule has 41 heavy (non-hydrogen) atoms. The summed E-state index contributed by atoms with van der Waals surface area (Å²) < 4.78 is 6.63. The summed E-state index contributed by atoms with van der Waals surface area (Å²) in [6, 6.07) is 10.1. The van der Waals surface area contributed by atoms with Crippen molar-refractivity contribution >= 4 is 0 Å². The van der Waals surface area contributed by atoms with Crippen LogP contribution in [0.25, 0.3) is 11.1 Å². The Balaban J connectivity index is 1.56. The Morgan fingerprint density at radius 3 is 1.83 bits per heavy atom. The Kier molecular flexibility index (Phi) is 12.3. The van der Waals surface area contributed by atoms with Gasteiger partial charge in [0.2, 0.25) is 0 Å². The molecule has 0 aromatic heterocycles. The fraction of sp³-hybridized carbons (Fsp3) is 0.700. The van der Waals surface area contributed by atoms with Crippen LogP contribution < -0.4 is 4.74 Å². The zero-order chi connectivity index (χ0) is 29.4. The minimum Gasteiger partial charge on any atom is -0.493 e. The van der Waals surface area contributed by atoms with Crippen LogP contribution in [0.4, 0.5) is 0 Å². The van der Waals surface area contributed by atoms with E-state index in [2.05, 4.69) is 72.7 Å². The lowest BCUT2D eigenvalue weighted by Gasteiger charge is -2.37. The Bertz CT molecular complexity index is 1080. The van der Waals surface area contributed by atoms with Crippen LogP contribution in [0, 0.1) is 23.7 Å². The highest BCUT2D eigenvalue weighted by Gasteiger charge is 2.30. The van der Waals surface area contributed by atoms with Gasteiger partial charge in [-0.3, -0.25) is 0 Å². The molecular formula is C40H62O. The predicted molar refractivity (Wildman–Crippen MR) is 179 cm³/mol. The standard InChI is InChI=1S/C40H62O/c1-8-29(9-2)24-25-41-40-31(11-4)27-39(36(12-5)37(40)13-6)38-23-22-35(26-30(38)10-3)34-20-18-33(19-21-34)32-16-14-28(7)15-17-32/h22-23,26-29,32-34H,8-21,24-25H2,1-7H3. The molecule has 0 bridgehead atoms. The SMILES string of the molecule is CCc1cc(C2CCC(C3CCC(C)CC3)CC2)ccc1-c1cc(CC)c(OCCC(CC)CC)c(CC)c1CC. The number of benzene rings is 2. The fourth-order valence-electron chi connectivity index (χ4n) is 8.41. The van der Waals surface area contributed by atoms with Gasteiger partial charge in [-0.2, -0.15) is 0 Å². The first-order valence-corrected chi connectivity index (χ1v) is 17.9. The van der Waals surface area contributed by atoms with Crippen molar-refractivity contribution < 1.29 is 4.74 Å². The molecule has 0 saturated heterocycles. The van der Waals surface area contributed by atoms with E-state index >= 15 is 0 Å². The minimum absolute atomic E-state index is 0.752. The maximum absolute atomic E-state index is 6.63. The molecule has 2 saturated carbocycles. The van der Waals surface area contributed by atoms with Crippen LogP contribution in [0.3, 0.4) is 0 Å². The van der Waals surface area contributed by atoms with E-state index in [1.54, 1.807) is 5.56 Å². The quantitative estimate of drug-likeness (QED) is 0.237.